The molecule has 1 fully saturated rings. The average Bonchev–Trinajstić information content (AvgIpc) is 2.89. The van der Waals surface area contributed by atoms with Crippen molar-refractivity contribution in [3.63, 3.8) is 0 Å². The van der Waals surface area contributed by atoms with E-state index in [1.807, 2.05) is 54.6 Å². The van der Waals surface area contributed by atoms with Crippen LogP contribution in [0.1, 0.15) is 30.0 Å². The van der Waals surface area contributed by atoms with E-state index in [0.717, 1.165) is 20.1 Å². The molecule has 0 aliphatic carbocycles. The van der Waals surface area contributed by atoms with Crippen molar-refractivity contribution in [1.29, 1.82) is 0 Å². The molecule has 6 nitrogen and oxygen atoms in total. The molecule has 1 aliphatic rings. The first-order valence-electron chi connectivity index (χ1n) is 11.1. The summed E-state index contributed by atoms with van der Waals surface area (Å²) in [5.74, 6) is 0.466. The van der Waals surface area contributed by atoms with E-state index in [2.05, 4.69) is 31.9 Å². The SMILES string of the molecule is COc1ccc(C2C(C(=O)OCc3cccc(Br)c3Br)CCC(=O)N2c2ccc(OC)cc2)cc1. The number of carbonyl (C=O) groups excluding carboxylic acids is 2. The summed E-state index contributed by atoms with van der Waals surface area (Å²) in [6, 6.07) is 19.9. The second-order valence-corrected chi connectivity index (χ2v) is 9.79. The van der Waals surface area contributed by atoms with Crippen molar-refractivity contribution >= 4 is 49.4 Å². The lowest BCUT2D eigenvalue weighted by Gasteiger charge is -2.40. The Morgan fingerprint density at radius 3 is 2.20 bits per heavy atom. The molecule has 2 unspecified atom stereocenters. The Kier molecular flexibility index (Phi) is 8.13. The lowest BCUT2D eigenvalue weighted by Crippen LogP contribution is -2.46. The van der Waals surface area contributed by atoms with Crippen molar-refractivity contribution in [2.75, 3.05) is 19.1 Å². The molecule has 2 atom stereocenters. The highest BCUT2D eigenvalue weighted by Crippen LogP contribution is 2.41. The van der Waals surface area contributed by atoms with E-state index in [-0.39, 0.29) is 24.9 Å². The summed E-state index contributed by atoms with van der Waals surface area (Å²) >= 11 is 7.02. The van der Waals surface area contributed by atoms with E-state index in [1.165, 1.54) is 0 Å². The summed E-state index contributed by atoms with van der Waals surface area (Å²) in [6.07, 6.45) is 0.652. The van der Waals surface area contributed by atoms with Gasteiger partial charge in [0.1, 0.15) is 18.1 Å². The van der Waals surface area contributed by atoms with E-state index in [0.29, 0.717) is 23.6 Å². The number of nitrogens with zero attached hydrogens (tertiary/aromatic N) is 1. The summed E-state index contributed by atoms with van der Waals surface area (Å²) in [7, 11) is 3.19. The van der Waals surface area contributed by atoms with Gasteiger partial charge in [-0.2, -0.15) is 0 Å². The molecule has 35 heavy (non-hydrogen) atoms. The summed E-state index contributed by atoms with van der Waals surface area (Å²) in [6.45, 7) is 0.126. The minimum atomic E-state index is -0.533. The Hall–Kier alpha value is -2.84. The first kappa shape index (κ1) is 25.3. The lowest BCUT2D eigenvalue weighted by atomic mass is 9.83. The number of amides is 1. The van der Waals surface area contributed by atoms with Crippen LogP contribution in [-0.4, -0.2) is 26.1 Å². The molecule has 3 aromatic rings. The van der Waals surface area contributed by atoms with Gasteiger partial charge in [0.15, 0.2) is 0 Å². The number of carbonyl (C=O) groups is 2. The first-order chi connectivity index (χ1) is 16.9. The molecule has 0 radical (unpaired) electrons. The van der Waals surface area contributed by atoms with Crippen LogP contribution in [0, 0.1) is 5.92 Å². The summed E-state index contributed by atoms with van der Waals surface area (Å²) in [5, 5.41) is 0. The number of piperidine rings is 1. The van der Waals surface area contributed by atoms with Crippen molar-refractivity contribution in [3.05, 3.63) is 86.8 Å². The third kappa shape index (κ3) is 5.54. The molecule has 0 saturated carbocycles. The zero-order chi connectivity index (χ0) is 24.9. The maximum absolute atomic E-state index is 13.4. The Balaban J connectivity index is 1.67. The molecule has 1 heterocycles. The molecule has 0 aromatic heterocycles. The molecular formula is C27H25Br2NO5. The summed E-state index contributed by atoms with van der Waals surface area (Å²) < 4.78 is 18.1. The van der Waals surface area contributed by atoms with E-state index in [1.54, 1.807) is 31.3 Å². The number of rotatable bonds is 7. The third-order valence-corrected chi connectivity index (χ3v) is 8.24. The number of hydrogen-bond donors (Lipinski definition) is 0. The minimum Gasteiger partial charge on any atom is -0.497 e. The predicted octanol–water partition coefficient (Wildman–Crippen LogP) is 6.46. The van der Waals surface area contributed by atoms with Crippen LogP contribution in [0.5, 0.6) is 11.5 Å². The second kappa shape index (κ2) is 11.3. The highest BCUT2D eigenvalue weighted by Gasteiger charge is 2.42. The molecule has 182 valence electrons. The van der Waals surface area contributed by atoms with Crippen LogP contribution in [0.3, 0.4) is 0 Å². The van der Waals surface area contributed by atoms with Gasteiger partial charge in [-0.1, -0.05) is 24.3 Å². The highest BCUT2D eigenvalue weighted by atomic mass is 79.9. The smallest absolute Gasteiger partial charge is 0.311 e. The zero-order valence-electron chi connectivity index (χ0n) is 19.4. The minimum absolute atomic E-state index is 0.0465. The molecule has 3 aromatic carbocycles. The average molecular weight is 603 g/mol. The van der Waals surface area contributed by atoms with Gasteiger partial charge in [0, 0.05) is 26.6 Å². The number of esters is 1. The maximum atomic E-state index is 13.4. The van der Waals surface area contributed by atoms with Crippen molar-refractivity contribution in [2.24, 2.45) is 5.92 Å². The van der Waals surface area contributed by atoms with Gasteiger partial charge in [-0.05, 0) is 86.3 Å². The fourth-order valence-corrected chi connectivity index (χ4v) is 5.07. The molecule has 1 saturated heterocycles. The van der Waals surface area contributed by atoms with Gasteiger partial charge in [0.05, 0.1) is 26.2 Å². The van der Waals surface area contributed by atoms with E-state index in [4.69, 9.17) is 14.2 Å². The fraction of sp³-hybridized carbons (Fsp3) is 0.259. The monoisotopic (exact) mass is 601 g/mol. The number of ether oxygens (including phenoxy) is 3. The van der Waals surface area contributed by atoms with Gasteiger partial charge < -0.3 is 19.1 Å². The largest absolute Gasteiger partial charge is 0.497 e. The Labute approximate surface area is 221 Å². The van der Waals surface area contributed by atoms with Gasteiger partial charge in [-0.25, -0.2) is 0 Å². The molecule has 8 heteroatoms. The van der Waals surface area contributed by atoms with Crippen LogP contribution >= 0.6 is 31.9 Å². The van der Waals surface area contributed by atoms with E-state index < -0.39 is 12.0 Å². The van der Waals surface area contributed by atoms with Crippen molar-refractivity contribution < 1.29 is 23.8 Å². The van der Waals surface area contributed by atoms with Crippen LogP contribution in [0.15, 0.2) is 75.7 Å². The van der Waals surface area contributed by atoms with Gasteiger partial charge in [0.25, 0.3) is 0 Å². The summed E-state index contributed by atoms with van der Waals surface area (Å²) in [4.78, 5) is 28.3. The zero-order valence-corrected chi connectivity index (χ0v) is 22.5. The van der Waals surface area contributed by atoms with E-state index in [9.17, 15) is 9.59 Å². The fourth-order valence-electron chi connectivity index (χ4n) is 4.28. The molecular weight excluding hydrogens is 578 g/mol. The predicted molar refractivity (Wildman–Crippen MR) is 141 cm³/mol. The highest BCUT2D eigenvalue weighted by molar-refractivity contribution is 9.13. The Bertz CT molecular complexity index is 1200. The Morgan fingerprint density at radius 1 is 0.943 bits per heavy atom. The number of hydrogen-bond acceptors (Lipinski definition) is 5. The first-order valence-corrected chi connectivity index (χ1v) is 12.7. The van der Waals surface area contributed by atoms with Crippen molar-refractivity contribution in [3.8, 4) is 11.5 Å². The number of anilines is 1. The van der Waals surface area contributed by atoms with Gasteiger partial charge >= 0.3 is 5.97 Å². The topological polar surface area (TPSA) is 65.1 Å². The van der Waals surface area contributed by atoms with Crippen LogP contribution in [0.4, 0.5) is 5.69 Å². The maximum Gasteiger partial charge on any atom is 0.311 e. The van der Waals surface area contributed by atoms with Gasteiger partial charge in [-0.3, -0.25) is 9.59 Å². The van der Waals surface area contributed by atoms with Crippen molar-refractivity contribution in [1.82, 2.24) is 0 Å². The Morgan fingerprint density at radius 2 is 1.57 bits per heavy atom. The quantitative estimate of drug-likeness (QED) is 0.291. The number of methoxy groups -OCH3 is 2. The molecule has 0 N–H and O–H groups in total. The normalized spacial score (nSPS) is 17.7. The standard InChI is InChI=1S/C27H25Br2NO5/c1-33-20-10-6-17(7-11-20)26-22(27(32)35-16-18-4-3-5-23(28)25(18)29)14-15-24(31)30(26)19-8-12-21(34-2)13-9-19/h3-13,22,26H,14-16H2,1-2H3. The molecule has 0 spiro atoms. The van der Waals surface area contributed by atoms with Crippen LogP contribution in [-0.2, 0) is 20.9 Å². The third-order valence-electron chi connectivity index (χ3n) is 6.11. The summed E-state index contributed by atoms with van der Waals surface area (Å²) in [5.41, 5.74) is 2.39. The van der Waals surface area contributed by atoms with E-state index >= 15 is 0 Å². The molecule has 4 rings (SSSR count). The molecule has 1 aliphatic heterocycles. The van der Waals surface area contributed by atoms with Gasteiger partial charge in [0.2, 0.25) is 5.91 Å². The number of halogens is 2. The van der Waals surface area contributed by atoms with Crippen LogP contribution < -0.4 is 14.4 Å². The van der Waals surface area contributed by atoms with Crippen molar-refractivity contribution in [2.45, 2.75) is 25.5 Å². The van der Waals surface area contributed by atoms with Crippen LogP contribution in [0.25, 0.3) is 0 Å². The number of benzene rings is 3. The van der Waals surface area contributed by atoms with Gasteiger partial charge in [-0.15, -0.1) is 0 Å². The molecule has 0 bridgehead atoms. The molecule has 1 amide bonds. The lowest BCUT2D eigenvalue weighted by molar-refractivity contribution is -0.152. The van der Waals surface area contributed by atoms with Crippen LogP contribution in [0.2, 0.25) is 0 Å². The second-order valence-electron chi connectivity index (χ2n) is 8.15.